The van der Waals surface area contributed by atoms with Crippen LogP contribution >= 0.6 is 11.6 Å². The number of carbonyl (C=O) groups excluding carboxylic acids is 1. The molecule has 0 radical (unpaired) electrons. The van der Waals surface area contributed by atoms with Crippen LogP contribution in [0.5, 0.6) is 0 Å². The molecule has 1 aliphatic heterocycles. The van der Waals surface area contributed by atoms with Crippen LogP contribution < -0.4 is 0 Å². The van der Waals surface area contributed by atoms with Gasteiger partial charge in [-0.05, 0) is 37.1 Å². The molecule has 2 heterocycles. The van der Waals surface area contributed by atoms with Gasteiger partial charge in [0.25, 0.3) is 5.91 Å². The summed E-state index contributed by atoms with van der Waals surface area (Å²) < 4.78 is 11.3. The van der Waals surface area contributed by atoms with E-state index in [2.05, 4.69) is 0 Å². The van der Waals surface area contributed by atoms with Crippen molar-refractivity contribution in [2.24, 2.45) is 5.92 Å². The zero-order chi connectivity index (χ0) is 16.7. The Hall–Kier alpha value is -1.56. The summed E-state index contributed by atoms with van der Waals surface area (Å²) >= 11 is 6.00. The second-order valence-electron chi connectivity index (χ2n) is 6.60. The molecule has 1 N–H and O–H groups in total. The van der Waals surface area contributed by atoms with Crippen LogP contribution in [0.1, 0.15) is 29.8 Å². The number of morpholine rings is 1. The van der Waals surface area contributed by atoms with Gasteiger partial charge in [0.15, 0.2) is 5.76 Å². The summed E-state index contributed by atoms with van der Waals surface area (Å²) in [5.74, 6) is 0.245. The van der Waals surface area contributed by atoms with Crippen LogP contribution in [0.25, 0.3) is 11.0 Å². The van der Waals surface area contributed by atoms with E-state index in [4.69, 9.17) is 20.8 Å². The molecule has 0 unspecified atom stereocenters. The molecule has 2 fully saturated rings. The van der Waals surface area contributed by atoms with E-state index >= 15 is 0 Å². The Morgan fingerprint density at radius 1 is 1.29 bits per heavy atom. The van der Waals surface area contributed by atoms with E-state index in [0.29, 0.717) is 36.1 Å². The van der Waals surface area contributed by atoms with Crippen molar-refractivity contribution in [1.29, 1.82) is 0 Å². The van der Waals surface area contributed by atoms with E-state index in [-0.39, 0.29) is 24.0 Å². The lowest BCUT2D eigenvalue weighted by Crippen LogP contribution is -2.53. The second kappa shape index (κ2) is 6.39. The lowest BCUT2D eigenvalue weighted by molar-refractivity contribution is -0.0393. The highest BCUT2D eigenvalue weighted by molar-refractivity contribution is 6.31. The topological polar surface area (TPSA) is 62.9 Å². The van der Waals surface area contributed by atoms with Gasteiger partial charge in [-0.15, -0.1) is 0 Å². The summed E-state index contributed by atoms with van der Waals surface area (Å²) in [4.78, 5) is 14.8. The molecule has 1 aromatic carbocycles. The van der Waals surface area contributed by atoms with E-state index in [1.54, 1.807) is 24.3 Å². The molecule has 1 aromatic heterocycles. The highest BCUT2D eigenvalue weighted by Crippen LogP contribution is 2.33. The molecule has 4 rings (SSSR count). The number of nitrogens with zero attached hydrogens (tertiary/aromatic N) is 1. The molecule has 5 nitrogen and oxygen atoms in total. The number of aliphatic hydroxyl groups excluding tert-OH is 1. The van der Waals surface area contributed by atoms with Crippen LogP contribution in [0.4, 0.5) is 0 Å². The van der Waals surface area contributed by atoms with Crippen molar-refractivity contribution in [2.75, 3.05) is 19.8 Å². The quantitative estimate of drug-likeness (QED) is 0.905. The Kier molecular flexibility index (Phi) is 4.24. The summed E-state index contributed by atoms with van der Waals surface area (Å²) in [6.45, 7) is 1.50. The van der Waals surface area contributed by atoms with Gasteiger partial charge in [-0.2, -0.15) is 0 Å². The van der Waals surface area contributed by atoms with Crippen molar-refractivity contribution in [3.63, 3.8) is 0 Å². The molecule has 0 bridgehead atoms. The van der Waals surface area contributed by atoms with Crippen molar-refractivity contribution in [2.45, 2.75) is 31.4 Å². The maximum atomic E-state index is 13.0. The fourth-order valence-corrected chi connectivity index (χ4v) is 4.09. The average Bonchev–Trinajstić information content (AvgIpc) is 3.19. The lowest BCUT2D eigenvalue weighted by Gasteiger charge is -2.39. The van der Waals surface area contributed by atoms with Gasteiger partial charge < -0.3 is 19.2 Å². The van der Waals surface area contributed by atoms with E-state index in [0.717, 1.165) is 24.6 Å². The zero-order valence-corrected chi connectivity index (χ0v) is 14.0. The minimum atomic E-state index is -0.360. The van der Waals surface area contributed by atoms with E-state index in [9.17, 15) is 9.90 Å². The standard InChI is InChI=1S/C18H20ClNO4/c19-12-4-5-16-11(8-12)9-17(24-16)18(22)20-6-7-23-10-14(20)13-2-1-3-15(13)21/h4-5,8-9,13-15,21H,1-3,6-7,10H2/t13-,14-,15-/m1/s1. The molecule has 2 aliphatic rings. The molecule has 1 saturated heterocycles. The zero-order valence-electron chi connectivity index (χ0n) is 13.3. The third kappa shape index (κ3) is 2.81. The van der Waals surface area contributed by atoms with Crippen molar-refractivity contribution in [3.05, 3.63) is 35.0 Å². The van der Waals surface area contributed by atoms with Gasteiger partial charge in [0.1, 0.15) is 5.58 Å². The summed E-state index contributed by atoms with van der Waals surface area (Å²) in [5.41, 5.74) is 0.647. The first-order valence-electron chi connectivity index (χ1n) is 8.39. The lowest BCUT2D eigenvalue weighted by atomic mass is 9.94. The van der Waals surface area contributed by atoms with Gasteiger partial charge in [0.05, 0.1) is 25.4 Å². The minimum absolute atomic E-state index is 0.0769. The Morgan fingerprint density at radius 2 is 2.17 bits per heavy atom. The summed E-state index contributed by atoms with van der Waals surface area (Å²) in [6, 6.07) is 6.94. The molecule has 1 amide bonds. The number of ether oxygens (including phenoxy) is 1. The number of amides is 1. The van der Waals surface area contributed by atoms with Crippen molar-refractivity contribution in [3.8, 4) is 0 Å². The van der Waals surface area contributed by atoms with Crippen LogP contribution in [0.2, 0.25) is 5.02 Å². The maximum absolute atomic E-state index is 13.0. The van der Waals surface area contributed by atoms with Crippen LogP contribution in [0, 0.1) is 5.92 Å². The molecule has 0 spiro atoms. The Labute approximate surface area is 145 Å². The molecule has 24 heavy (non-hydrogen) atoms. The molecule has 128 valence electrons. The first kappa shape index (κ1) is 15.9. The number of hydrogen-bond acceptors (Lipinski definition) is 4. The monoisotopic (exact) mass is 349 g/mol. The fourth-order valence-electron chi connectivity index (χ4n) is 3.91. The summed E-state index contributed by atoms with van der Waals surface area (Å²) in [7, 11) is 0. The van der Waals surface area contributed by atoms with Gasteiger partial charge in [-0.1, -0.05) is 18.0 Å². The third-order valence-electron chi connectivity index (χ3n) is 5.14. The molecule has 1 saturated carbocycles. The minimum Gasteiger partial charge on any atom is -0.451 e. The van der Waals surface area contributed by atoms with Crippen molar-refractivity contribution >= 4 is 28.5 Å². The first-order valence-corrected chi connectivity index (χ1v) is 8.77. The SMILES string of the molecule is O=C(c1cc2cc(Cl)ccc2o1)N1CCOC[C@@H]1[C@H]1CCC[C@H]1O. The number of fused-ring (bicyclic) bond motifs is 1. The molecule has 3 atom stereocenters. The number of rotatable bonds is 2. The highest BCUT2D eigenvalue weighted by atomic mass is 35.5. The third-order valence-corrected chi connectivity index (χ3v) is 5.38. The first-order chi connectivity index (χ1) is 11.6. The van der Waals surface area contributed by atoms with Crippen LogP contribution in [0.15, 0.2) is 28.7 Å². The Morgan fingerprint density at radius 3 is 2.96 bits per heavy atom. The van der Waals surface area contributed by atoms with Gasteiger partial charge in [-0.25, -0.2) is 0 Å². The van der Waals surface area contributed by atoms with Gasteiger partial charge in [0, 0.05) is 22.9 Å². The largest absolute Gasteiger partial charge is 0.451 e. The van der Waals surface area contributed by atoms with E-state index < -0.39 is 0 Å². The van der Waals surface area contributed by atoms with Gasteiger partial charge in [0.2, 0.25) is 0 Å². The second-order valence-corrected chi connectivity index (χ2v) is 7.03. The Bertz CT molecular complexity index is 759. The van der Waals surface area contributed by atoms with Crippen molar-refractivity contribution < 1.29 is 19.1 Å². The molecular formula is C18H20ClNO4. The highest BCUT2D eigenvalue weighted by Gasteiger charge is 2.40. The van der Waals surface area contributed by atoms with Crippen LogP contribution in [-0.4, -0.2) is 47.8 Å². The number of furan rings is 1. The van der Waals surface area contributed by atoms with E-state index in [1.807, 2.05) is 4.90 Å². The van der Waals surface area contributed by atoms with Gasteiger partial charge >= 0.3 is 0 Å². The summed E-state index contributed by atoms with van der Waals surface area (Å²) in [5, 5.41) is 11.7. The predicted octanol–water partition coefficient (Wildman–Crippen LogP) is 3.09. The number of halogens is 1. The Balaban J connectivity index is 1.62. The molecule has 2 aromatic rings. The number of benzene rings is 1. The number of carbonyl (C=O) groups is 1. The smallest absolute Gasteiger partial charge is 0.290 e. The summed E-state index contributed by atoms with van der Waals surface area (Å²) in [6.07, 6.45) is 2.36. The maximum Gasteiger partial charge on any atom is 0.290 e. The van der Waals surface area contributed by atoms with Gasteiger partial charge in [-0.3, -0.25) is 4.79 Å². The normalized spacial score (nSPS) is 27.8. The van der Waals surface area contributed by atoms with Crippen LogP contribution in [-0.2, 0) is 4.74 Å². The van der Waals surface area contributed by atoms with Crippen LogP contribution in [0.3, 0.4) is 0 Å². The molecular weight excluding hydrogens is 330 g/mol. The number of hydrogen-bond donors (Lipinski definition) is 1. The average molecular weight is 350 g/mol. The fraction of sp³-hybridized carbons (Fsp3) is 0.500. The predicted molar refractivity (Wildman–Crippen MR) is 90.2 cm³/mol. The molecule has 6 heteroatoms. The number of aliphatic hydroxyl groups is 1. The van der Waals surface area contributed by atoms with E-state index in [1.165, 1.54) is 0 Å². The molecule has 1 aliphatic carbocycles. The van der Waals surface area contributed by atoms with Crippen molar-refractivity contribution in [1.82, 2.24) is 4.90 Å².